The van der Waals surface area contributed by atoms with Gasteiger partial charge < -0.3 is 15.4 Å². The maximum absolute atomic E-state index is 14.0. The third kappa shape index (κ3) is 3.30. The van der Waals surface area contributed by atoms with Gasteiger partial charge in [-0.2, -0.15) is 4.52 Å². The Morgan fingerprint density at radius 2 is 2.16 bits per heavy atom. The number of hydrogen-bond donors (Lipinski definition) is 1. The van der Waals surface area contributed by atoms with Crippen LogP contribution in [-0.2, 0) is 11.2 Å². The maximum Gasteiger partial charge on any atom is 0.223 e. The summed E-state index contributed by atoms with van der Waals surface area (Å²) < 4.78 is 20.4. The summed E-state index contributed by atoms with van der Waals surface area (Å²) in [4.78, 5) is 20.9. The van der Waals surface area contributed by atoms with E-state index in [0.717, 1.165) is 19.3 Å². The largest absolute Gasteiger partial charge is 0.494 e. The van der Waals surface area contributed by atoms with Gasteiger partial charge >= 0.3 is 0 Å². The summed E-state index contributed by atoms with van der Waals surface area (Å²) in [6, 6.07) is 2.82. The number of unbranched alkanes of at least 4 members (excludes halogenated alkanes) is 1. The van der Waals surface area contributed by atoms with E-state index in [9.17, 15) is 9.18 Å². The minimum atomic E-state index is -0.495. The molecule has 0 bridgehead atoms. The summed E-state index contributed by atoms with van der Waals surface area (Å²) in [5.74, 6) is 0.384. The number of hydrogen-bond acceptors (Lipinski definition) is 6. The first-order chi connectivity index (χ1) is 12.0. The number of benzene rings is 1. The molecule has 3 aromatic rings. The number of nitrogens with two attached hydrogens (primary N) is 1. The number of anilines is 1. The number of amides is 1. The number of methoxy groups -OCH3 is 1. The fraction of sp³-hybridized carbons (Fsp3) is 0.375. The molecule has 132 valence electrons. The first-order valence-electron chi connectivity index (χ1n) is 7.87. The molecule has 2 aromatic heterocycles. The second kappa shape index (κ2) is 6.88. The third-order valence-electron chi connectivity index (χ3n) is 3.96. The minimum Gasteiger partial charge on any atom is -0.494 e. The van der Waals surface area contributed by atoms with E-state index in [2.05, 4.69) is 15.1 Å². The van der Waals surface area contributed by atoms with E-state index in [1.165, 1.54) is 23.8 Å². The van der Waals surface area contributed by atoms with Crippen LogP contribution in [-0.4, -0.2) is 51.6 Å². The lowest BCUT2D eigenvalue weighted by Crippen LogP contribution is -2.17. The lowest BCUT2D eigenvalue weighted by molar-refractivity contribution is -0.117. The van der Waals surface area contributed by atoms with Gasteiger partial charge in [-0.1, -0.05) is 0 Å². The molecule has 0 saturated heterocycles. The van der Waals surface area contributed by atoms with Gasteiger partial charge in [0.15, 0.2) is 23.0 Å². The van der Waals surface area contributed by atoms with Crippen LogP contribution in [0.2, 0.25) is 0 Å². The Morgan fingerprint density at radius 1 is 1.36 bits per heavy atom. The molecule has 0 aliphatic rings. The molecule has 2 heterocycles. The molecule has 0 radical (unpaired) electrons. The molecule has 3 rings (SSSR count). The van der Waals surface area contributed by atoms with Gasteiger partial charge in [-0.15, -0.1) is 5.10 Å². The van der Waals surface area contributed by atoms with E-state index in [0.29, 0.717) is 35.3 Å². The Balaban J connectivity index is 1.91. The number of carbonyl (C=O) groups is 1. The second-order valence-electron chi connectivity index (χ2n) is 5.78. The van der Waals surface area contributed by atoms with Gasteiger partial charge in [0, 0.05) is 31.5 Å². The Bertz CT molecular complexity index is 926. The summed E-state index contributed by atoms with van der Waals surface area (Å²) in [7, 11) is 3.13. The molecule has 0 aliphatic heterocycles. The zero-order valence-corrected chi connectivity index (χ0v) is 14.1. The molecule has 0 spiro atoms. The van der Waals surface area contributed by atoms with Gasteiger partial charge in [0.2, 0.25) is 12.4 Å². The zero-order chi connectivity index (χ0) is 18.0. The Morgan fingerprint density at radius 3 is 2.88 bits per heavy atom. The van der Waals surface area contributed by atoms with Gasteiger partial charge in [-0.05, 0) is 18.9 Å². The maximum atomic E-state index is 14.0. The fourth-order valence-corrected chi connectivity index (χ4v) is 2.63. The van der Waals surface area contributed by atoms with Crippen LogP contribution < -0.4 is 10.5 Å². The quantitative estimate of drug-likeness (QED) is 0.513. The summed E-state index contributed by atoms with van der Waals surface area (Å²) in [6.07, 6.45) is 3.09. The van der Waals surface area contributed by atoms with Crippen molar-refractivity contribution in [3.05, 3.63) is 23.8 Å². The zero-order valence-electron chi connectivity index (χ0n) is 14.1. The standard InChI is InChI=1S/C16H19FN6O2/c1-22(9-24)6-4-3-5-14-20-15-10-7-11(17)13(25-2)8-12(10)19-16(18)23(15)21-14/h7-9H,3-6H2,1-2H3,(H2,18,19). The Hall–Kier alpha value is -2.97. The summed E-state index contributed by atoms with van der Waals surface area (Å²) in [6.45, 7) is 0.675. The summed E-state index contributed by atoms with van der Waals surface area (Å²) in [5, 5.41) is 4.87. The van der Waals surface area contributed by atoms with Crippen molar-refractivity contribution in [2.45, 2.75) is 19.3 Å². The predicted molar refractivity (Wildman–Crippen MR) is 90.8 cm³/mol. The van der Waals surface area contributed by atoms with E-state index < -0.39 is 5.82 Å². The number of fused-ring (bicyclic) bond motifs is 3. The van der Waals surface area contributed by atoms with Crippen molar-refractivity contribution in [3.8, 4) is 5.75 Å². The fourth-order valence-electron chi connectivity index (χ4n) is 2.63. The van der Waals surface area contributed by atoms with Gasteiger partial charge in [-0.3, -0.25) is 4.79 Å². The second-order valence-corrected chi connectivity index (χ2v) is 5.78. The number of nitrogens with zero attached hydrogens (tertiary/aromatic N) is 5. The first kappa shape index (κ1) is 16.9. The SMILES string of the molecule is COc1cc2nc(N)n3nc(CCCCN(C)C=O)nc3c2cc1F. The smallest absolute Gasteiger partial charge is 0.223 e. The average molecular weight is 346 g/mol. The molecular weight excluding hydrogens is 327 g/mol. The highest BCUT2D eigenvalue weighted by molar-refractivity contribution is 5.93. The van der Waals surface area contributed by atoms with E-state index in [-0.39, 0.29) is 11.7 Å². The molecule has 1 aromatic carbocycles. The van der Waals surface area contributed by atoms with Crippen LogP contribution in [0.5, 0.6) is 5.75 Å². The van der Waals surface area contributed by atoms with E-state index in [4.69, 9.17) is 10.5 Å². The molecule has 2 N–H and O–H groups in total. The third-order valence-corrected chi connectivity index (χ3v) is 3.96. The lowest BCUT2D eigenvalue weighted by atomic mass is 10.2. The number of halogens is 1. The van der Waals surface area contributed by atoms with Crippen molar-refractivity contribution in [2.75, 3.05) is 26.4 Å². The highest BCUT2D eigenvalue weighted by Crippen LogP contribution is 2.27. The molecule has 8 nitrogen and oxygen atoms in total. The molecular formula is C16H19FN6O2. The summed E-state index contributed by atoms with van der Waals surface area (Å²) >= 11 is 0. The molecule has 0 atom stereocenters. The van der Waals surface area contributed by atoms with Crippen LogP contribution in [0.1, 0.15) is 18.7 Å². The van der Waals surface area contributed by atoms with Crippen LogP contribution in [0.25, 0.3) is 16.6 Å². The van der Waals surface area contributed by atoms with E-state index in [1.807, 2.05) is 0 Å². The monoisotopic (exact) mass is 346 g/mol. The van der Waals surface area contributed by atoms with Crippen molar-refractivity contribution in [3.63, 3.8) is 0 Å². The molecule has 0 saturated carbocycles. The predicted octanol–water partition coefficient (Wildman–Crippen LogP) is 1.42. The number of aryl methyl sites for hydroxylation is 1. The summed E-state index contributed by atoms with van der Waals surface area (Å²) in [5.41, 5.74) is 6.90. The topological polar surface area (TPSA) is 98.6 Å². The molecule has 25 heavy (non-hydrogen) atoms. The van der Waals surface area contributed by atoms with E-state index >= 15 is 0 Å². The first-order valence-corrected chi connectivity index (χ1v) is 7.87. The number of ether oxygens (including phenoxy) is 1. The number of rotatable bonds is 7. The molecule has 0 aliphatic carbocycles. The van der Waals surface area contributed by atoms with Crippen molar-refractivity contribution >= 4 is 28.9 Å². The molecule has 0 unspecified atom stereocenters. The average Bonchev–Trinajstić information content (AvgIpc) is 3.04. The van der Waals surface area contributed by atoms with Gasteiger partial charge in [0.25, 0.3) is 0 Å². The number of carbonyl (C=O) groups excluding carboxylic acids is 1. The van der Waals surface area contributed by atoms with Crippen molar-refractivity contribution < 1.29 is 13.9 Å². The van der Waals surface area contributed by atoms with Crippen molar-refractivity contribution in [1.29, 1.82) is 0 Å². The lowest BCUT2D eigenvalue weighted by Gasteiger charge is -2.08. The molecule has 9 heteroatoms. The van der Waals surface area contributed by atoms with Crippen LogP contribution in [0.4, 0.5) is 10.3 Å². The minimum absolute atomic E-state index is 0.0998. The van der Waals surface area contributed by atoms with E-state index in [1.54, 1.807) is 11.9 Å². The Kier molecular flexibility index (Phi) is 4.64. The van der Waals surface area contributed by atoms with Gasteiger partial charge in [0.05, 0.1) is 12.6 Å². The van der Waals surface area contributed by atoms with Crippen LogP contribution in [0.3, 0.4) is 0 Å². The number of nitrogen functional groups attached to an aromatic ring is 1. The van der Waals surface area contributed by atoms with Crippen molar-refractivity contribution in [2.24, 2.45) is 0 Å². The highest BCUT2D eigenvalue weighted by atomic mass is 19.1. The van der Waals surface area contributed by atoms with Crippen molar-refractivity contribution in [1.82, 2.24) is 24.5 Å². The van der Waals surface area contributed by atoms with Crippen LogP contribution in [0.15, 0.2) is 12.1 Å². The van der Waals surface area contributed by atoms with Crippen LogP contribution in [0, 0.1) is 5.82 Å². The van der Waals surface area contributed by atoms with Gasteiger partial charge in [0.1, 0.15) is 0 Å². The molecule has 1 amide bonds. The number of aromatic nitrogens is 4. The Labute approximate surface area is 143 Å². The highest BCUT2D eigenvalue weighted by Gasteiger charge is 2.15. The van der Waals surface area contributed by atoms with Crippen LogP contribution >= 0.6 is 0 Å². The van der Waals surface area contributed by atoms with Gasteiger partial charge in [-0.25, -0.2) is 14.4 Å². The molecule has 0 fully saturated rings. The normalized spacial score (nSPS) is 11.2.